The minimum atomic E-state index is -4.41. The van der Waals surface area contributed by atoms with Crippen molar-refractivity contribution in [2.24, 2.45) is 10.7 Å². The Morgan fingerprint density at radius 1 is 1.10 bits per heavy atom. The second-order valence-corrected chi connectivity index (χ2v) is 6.70. The van der Waals surface area contributed by atoms with Crippen LogP contribution in [0.1, 0.15) is 16.7 Å². The molecule has 0 saturated carbocycles. The lowest BCUT2D eigenvalue weighted by Gasteiger charge is -2.16. The van der Waals surface area contributed by atoms with Gasteiger partial charge in [0.05, 0.1) is 0 Å². The van der Waals surface area contributed by atoms with Crippen molar-refractivity contribution in [2.45, 2.75) is 26.2 Å². The van der Waals surface area contributed by atoms with E-state index in [1.807, 2.05) is 6.07 Å². The van der Waals surface area contributed by atoms with Gasteiger partial charge in [0.2, 0.25) is 0 Å². The Labute approximate surface area is 178 Å². The van der Waals surface area contributed by atoms with Crippen LogP contribution >= 0.6 is 0 Å². The molecule has 0 aliphatic rings. The molecule has 10 heteroatoms. The van der Waals surface area contributed by atoms with Crippen molar-refractivity contribution in [3.05, 3.63) is 59.2 Å². The predicted octanol–water partition coefficient (Wildman–Crippen LogP) is 2.67. The molecule has 0 spiro atoms. The second-order valence-electron chi connectivity index (χ2n) is 6.70. The minimum Gasteiger partial charge on any atom is -0.484 e. The maximum Gasteiger partial charge on any atom is 0.422 e. The number of carbonyl (C=O) groups excluding carboxylic acids is 1. The summed E-state index contributed by atoms with van der Waals surface area (Å²) in [5, 5.41) is 6.16. The number of carbonyl (C=O) groups is 1. The molecule has 31 heavy (non-hydrogen) atoms. The summed E-state index contributed by atoms with van der Waals surface area (Å²) >= 11 is 0. The van der Waals surface area contributed by atoms with Crippen LogP contribution in [0.15, 0.2) is 47.5 Å². The van der Waals surface area contributed by atoms with Crippen LogP contribution in [-0.2, 0) is 17.9 Å². The van der Waals surface area contributed by atoms with Crippen LogP contribution in [0.3, 0.4) is 0 Å². The SMILES string of the molecule is CN=C(NCc1cccc(OCC(N)=O)c1)NCc1ccc(C)cc1OCC(F)(F)F. The highest BCUT2D eigenvalue weighted by Crippen LogP contribution is 2.23. The summed E-state index contributed by atoms with van der Waals surface area (Å²) in [6, 6.07) is 12.2. The Bertz CT molecular complexity index is 917. The normalized spacial score (nSPS) is 11.7. The van der Waals surface area contributed by atoms with Crippen molar-refractivity contribution in [2.75, 3.05) is 20.3 Å². The number of primary amides is 1. The fraction of sp³-hybridized carbons (Fsp3) is 0.333. The zero-order valence-corrected chi connectivity index (χ0v) is 17.3. The lowest BCUT2D eigenvalue weighted by molar-refractivity contribution is -0.153. The monoisotopic (exact) mass is 438 g/mol. The molecule has 2 rings (SSSR count). The van der Waals surface area contributed by atoms with E-state index in [1.165, 1.54) is 0 Å². The van der Waals surface area contributed by atoms with Crippen LogP contribution in [0.4, 0.5) is 13.2 Å². The molecule has 0 bridgehead atoms. The Morgan fingerprint density at radius 2 is 1.84 bits per heavy atom. The number of guanidine groups is 1. The third kappa shape index (κ3) is 8.85. The molecule has 1 amide bonds. The highest BCUT2D eigenvalue weighted by atomic mass is 19.4. The number of nitrogens with one attached hydrogen (secondary N) is 2. The molecule has 0 atom stereocenters. The van der Waals surface area contributed by atoms with Gasteiger partial charge in [0.15, 0.2) is 19.2 Å². The van der Waals surface area contributed by atoms with Crippen LogP contribution in [0, 0.1) is 6.92 Å². The fourth-order valence-electron chi connectivity index (χ4n) is 2.59. The average molecular weight is 438 g/mol. The quantitative estimate of drug-likeness (QED) is 0.413. The fourth-order valence-corrected chi connectivity index (χ4v) is 2.59. The molecular formula is C21H25F3N4O3. The summed E-state index contributed by atoms with van der Waals surface area (Å²) < 4.78 is 47.8. The van der Waals surface area contributed by atoms with Crippen molar-refractivity contribution in [1.29, 1.82) is 0 Å². The molecule has 0 aliphatic heterocycles. The number of aliphatic imine (C=N–C) groups is 1. The standard InChI is InChI=1S/C21H25F3N4O3/c1-14-6-7-16(18(8-14)31-13-21(22,23)24)11-28-20(26-2)27-10-15-4-3-5-17(9-15)30-12-19(25)29/h3-9H,10-13H2,1-2H3,(H2,25,29)(H2,26,27,28). The Hall–Kier alpha value is -3.43. The van der Waals surface area contributed by atoms with Crippen LogP contribution < -0.4 is 25.8 Å². The predicted molar refractivity (Wildman–Crippen MR) is 111 cm³/mol. The van der Waals surface area contributed by atoms with Gasteiger partial charge in [-0.15, -0.1) is 0 Å². The molecule has 4 N–H and O–H groups in total. The van der Waals surface area contributed by atoms with Gasteiger partial charge < -0.3 is 25.8 Å². The number of ether oxygens (including phenoxy) is 2. The zero-order chi connectivity index (χ0) is 22.9. The average Bonchev–Trinajstić information content (AvgIpc) is 2.71. The van der Waals surface area contributed by atoms with Gasteiger partial charge in [0, 0.05) is 25.7 Å². The number of nitrogens with zero attached hydrogens (tertiary/aromatic N) is 1. The number of hydrogen-bond acceptors (Lipinski definition) is 4. The van der Waals surface area contributed by atoms with Crippen LogP contribution in [0.5, 0.6) is 11.5 Å². The number of alkyl halides is 3. The number of halogens is 3. The maximum atomic E-state index is 12.5. The largest absolute Gasteiger partial charge is 0.484 e. The van der Waals surface area contributed by atoms with Gasteiger partial charge in [-0.1, -0.05) is 24.3 Å². The summed E-state index contributed by atoms with van der Waals surface area (Å²) in [5.41, 5.74) is 7.30. The first-order chi connectivity index (χ1) is 14.7. The Balaban J connectivity index is 1.94. The van der Waals surface area contributed by atoms with E-state index in [1.54, 1.807) is 50.4 Å². The molecule has 168 valence electrons. The number of benzene rings is 2. The third-order valence-corrected chi connectivity index (χ3v) is 4.02. The van der Waals surface area contributed by atoms with Crippen LogP contribution in [0.2, 0.25) is 0 Å². The first kappa shape index (κ1) is 23.8. The number of aryl methyl sites for hydroxylation is 1. The van der Waals surface area contributed by atoms with E-state index in [0.29, 0.717) is 23.8 Å². The van der Waals surface area contributed by atoms with Gasteiger partial charge in [-0.2, -0.15) is 13.2 Å². The minimum absolute atomic E-state index is 0.166. The molecule has 0 aliphatic carbocycles. The molecule has 7 nitrogen and oxygen atoms in total. The molecular weight excluding hydrogens is 413 g/mol. The van der Waals surface area contributed by atoms with Crippen LogP contribution in [-0.4, -0.2) is 38.3 Å². The third-order valence-electron chi connectivity index (χ3n) is 4.02. The summed E-state index contributed by atoms with van der Waals surface area (Å²) in [6.07, 6.45) is -4.41. The lowest BCUT2D eigenvalue weighted by Crippen LogP contribution is -2.36. The maximum absolute atomic E-state index is 12.5. The summed E-state index contributed by atoms with van der Waals surface area (Å²) in [4.78, 5) is 14.9. The van der Waals surface area contributed by atoms with E-state index in [4.69, 9.17) is 15.2 Å². The van der Waals surface area contributed by atoms with Crippen molar-refractivity contribution in [3.8, 4) is 11.5 Å². The molecule has 0 radical (unpaired) electrons. The number of nitrogens with two attached hydrogens (primary N) is 1. The number of rotatable bonds is 9. The van der Waals surface area contributed by atoms with Crippen molar-refractivity contribution >= 4 is 11.9 Å². The smallest absolute Gasteiger partial charge is 0.422 e. The molecule has 0 unspecified atom stereocenters. The van der Waals surface area contributed by atoms with E-state index in [9.17, 15) is 18.0 Å². The highest BCUT2D eigenvalue weighted by Gasteiger charge is 2.28. The van der Waals surface area contributed by atoms with Gasteiger partial charge in [0.25, 0.3) is 5.91 Å². The highest BCUT2D eigenvalue weighted by molar-refractivity contribution is 5.79. The topological polar surface area (TPSA) is 98.0 Å². The summed E-state index contributed by atoms with van der Waals surface area (Å²) in [6.45, 7) is 0.826. The molecule has 0 aromatic heterocycles. The van der Waals surface area contributed by atoms with Crippen molar-refractivity contribution < 1.29 is 27.4 Å². The van der Waals surface area contributed by atoms with E-state index in [-0.39, 0.29) is 18.9 Å². The lowest BCUT2D eigenvalue weighted by atomic mass is 10.1. The van der Waals surface area contributed by atoms with Gasteiger partial charge in [-0.05, 0) is 36.2 Å². The van der Waals surface area contributed by atoms with Crippen LogP contribution in [0.25, 0.3) is 0 Å². The first-order valence-corrected chi connectivity index (χ1v) is 9.40. The number of amides is 1. The Kier molecular flexibility index (Phi) is 8.53. The summed E-state index contributed by atoms with van der Waals surface area (Å²) in [7, 11) is 1.58. The first-order valence-electron chi connectivity index (χ1n) is 9.40. The van der Waals surface area contributed by atoms with Gasteiger partial charge in [-0.3, -0.25) is 9.79 Å². The zero-order valence-electron chi connectivity index (χ0n) is 17.3. The number of hydrogen-bond donors (Lipinski definition) is 3. The van der Waals surface area contributed by atoms with E-state index in [2.05, 4.69) is 15.6 Å². The molecule has 0 fully saturated rings. The second kappa shape index (κ2) is 11.1. The molecule has 0 saturated heterocycles. The van der Waals surface area contributed by atoms with E-state index in [0.717, 1.165) is 11.1 Å². The van der Waals surface area contributed by atoms with Gasteiger partial charge in [-0.25, -0.2) is 0 Å². The molecule has 0 heterocycles. The summed E-state index contributed by atoms with van der Waals surface area (Å²) in [5.74, 6) is 0.556. The van der Waals surface area contributed by atoms with Gasteiger partial charge >= 0.3 is 6.18 Å². The van der Waals surface area contributed by atoms with E-state index >= 15 is 0 Å². The van der Waals surface area contributed by atoms with E-state index < -0.39 is 18.7 Å². The van der Waals surface area contributed by atoms with Crippen molar-refractivity contribution in [1.82, 2.24) is 10.6 Å². The molecule has 2 aromatic rings. The van der Waals surface area contributed by atoms with Crippen molar-refractivity contribution in [3.63, 3.8) is 0 Å². The van der Waals surface area contributed by atoms with Gasteiger partial charge in [0.1, 0.15) is 11.5 Å². The molecule has 2 aromatic carbocycles. The Morgan fingerprint density at radius 3 is 2.52 bits per heavy atom.